The van der Waals surface area contributed by atoms with Crippen molar-refractivity contribution in [3.8, 4) is 0 Å². The van der Waals surface area contributed by atoms with Gasteiger partial charge in [-0.15, -0.1) is 12.4 Å². The molecule has 0 aromatic heterocycles. The van der Waals surface area contributed by atoms with Crippen molar-refractivity contribution in [2.45, 2.75) is 38.8 Å². The molecule has 0 aliphatic heterocycles. The summed E-state index contributed by atoms with van der Waals surface area (Å²) in [6, 6.07) is 7.02. The van der Waals surface area contributed by atoms with Gasteiger partial charge in [-0.05, 0) is 44.9 Å². The third-order valence-corrected chi connectivity index (χ3v) is 2.30. The Labute approximate surface area is 125 Å². The van der Waals surface area contributed by atoms with E-state index in [4.69, 9.17) is 15.6 Å². The number of amides is 1. The summed E-state index contributed by atoms with van der Waals surface area (Å²) in [6.45, 7) is 5.36. The van der Waals surface area contributed by atoms with E-state index in [1.165, 1.54) is 0 Å². The molecule has 1 aromatic carbocycles. The van der Waals surface area contributed by atoms with Crippen LogP contribution in [-0.2, 0) is 11.2 Å². The Balaban J connectivity index is 0.00000361. The molecule has 0 aliphatic rings. The second-order valence-corrected chi connectivity index (χ2v) is 5.47. The summed E-state index contributed by atoms with van der Waals surface area (Å²) in [6.07, 6.45) is 0.0662. The number of anilines is 1. The summed E-state index contributed by atoms with van der Waals surface area (Å²) in [7, 11) is 0. The lowest BCUT2D eigenvalue weighted by molar-refractivity contribution is 0.0636. The molecule has 5 nitrogen and oxygen atoms in total. The van der Waals surface area contributed by atoms with Gasteiger partial charge in [0.05, 0.1) is 6.61 Å². The lowest BCUT2D eigenvalue weighted by Gasteiger charge is -2.19. The summed E-state index contributed by atoms with van der Waals surface area (Å²) in [5.41, 5.74) is 6.75. The highest BCUT2D eigenvalue weighted by Crippen LogP contribution is 2.14. The zero-order valence-electron chi connectivity index (χ0n) is 12.1. The van der Waals surface area contributed by atoms with Gasteiger partial charge in [0.2, 0.25) is 0 Å². The van der Waals surface area contributed by atoms with Crippen LogP contribution in [-0.4, -0.2) is 29.4 Å². The maximum absolute atomic E-state index is 11.6. The van der Waals surface area contributed by atoms with E-state index in [-0.39, 0.29) is 25.1 Å². The molecule has 0 spiro atoms. The number of rotatable bonds is 4. The Kier molecular flexibility index (Phi) is 7.57. The first-order valence-electron chi connectivity index (χ1n) is 6.25. The third kappa shape index (κ3) is 7.33. The van der Waals surface area contributed by atoms with E-state index in [0.717, 1.165) is 5.56 Å². The van der Waals surface area contributed by atoms with Crippen molar-refractivity contribution in [2.24, 2.45) is 5.73 Å². The molecule has 0 aliphatic carbocycles. The quantitative estimate of drug-likeness (QED) is 0.797. The van der Waals surface area contributed by atoms with Crippen molar-refractivity contribution in [1.82, 2.24) is 0 Å². The van der Waals surface area contributed by atoms with Gasteiger partial charge in [-0.2, -0.15) is 0 Å². The predicted octanol–water partition coefficient (Wildman–Crippen LogP) is 2.32. The number of aliphatic hydroxyl groups is 1. The first-order valence-corrected chi connectivity index (χ1v) is 6.25. The number of carbonyl (C=O) groups is 1. The van der Waals surface area contributed by atoms with Gasteiger partial charge in [-0.25, -0.2) is 4.79 Å². The second-order valence-electron chi connectivity index (χ2n) is 5.47. The van der Waals surface area contributed by atoms with Crippen LogP contribution in [0.4, 0.5) is 10.5 Å². The molecule has 0 fully saturated rings. The topological polar surface area (TPSA) is 84.6 Å². The summed E-state index contributed by atoms with van der Waals surface area (Å²) >= 11 is 0. The summed E-state index contributed by atoms with van der Waals surface area (Å²) in [4.78, 5) is 11.6. The first kappa shape index (κ1) is 18.7. The number of nitrogens with two attached hydrogens (primary N) is 1. The van der Waals surface area contributed by atoms with Crippen molar-refractivity contribution < 1.29 is 14.6 Å². The molecule has 0 unspecified atom stereocenters. The van der Waals surface area contributed by atoms with Crippen LogP contribution in [0, 0.1) is 0 Å². The van der Waals surface area contributed by atoms with Gasteiger partial charge in [-0.3, -0.25) is 5.32 Å². The van der Waals surface area contributed by atoms with E-state index in [0.29, 0.717) is 12.1 Å². The zero-order valence-corrected chi connectivity index (χ0v) is 12.9. The average Bonchev–Trinajstić information content (AvgIpc) is 2.26. The molecule has 0 radical (unpaired) electrons. The number of aliphatic hydroxyl groups excluding tert-OH is 1. The lowest BCUT2D eigenvalue weighted by Crippen LogP contribution is -2.28. The summed E-state index contributed by atoms with van der Waals surface area (Å²) in [5.74, 6) is 0. The molecule has 20 heavy (non-hydrogen) atoms. The van der Waals surface area contributed by atoms with Crippen LogP contribution in [0.3, 0.4) is 0 Å². The molecule has 1 atom stereocenters. The third-order valence-electron chi connectivity index (χ3n) is 2.30. The molecule has 1 aromatic rings. The Morgan fingerprint density at radius 3 is 2.65 bits per heavy atom. The van der Waals surface area contributed by atoms with Crippen molar-refractivity contribution in [3.63, 3.8) is 0 Å². The van der Waals surface area contributed by atoms with Crippen molar-refractivity contribution in [3.05, 3.63) is 29.8 Å². The molecule has 0 saturated carbocycles. The second kappa shape index (κ2) is 8.09. The fourth-order valence-corrected chi connectivity index (χ4v) is 1.56. The van der Waals surface area contributed by atoms with Crippen LogP contribution in [0.2, 0.25) is 0 Å². The predicted molar refractivity (Wildman–Crippen MR) is 82.3 cm³/mol. The number of carbonyl (C=O) groups excluding carboxylic acids is 1. The van der Waals surface area contributed by atoms with Gasteiger partial charge < -0.3 is 15.6 Å². The van der Waals surface area contributed by atoms with Crippen LogP contribution in [0.1, 0.15) is 26.3 Å². The fraction of sp³-hybridized carbons (Fsp3) is 0.500. The van der Waals surface area contributed by atoms with Gasteiger partial charge in [0, 0.05) is 11.7 Å². The molecule has 1 rings (SSSR count). The van der Waals surface area contributed by atoms with Crippen LogP contribution in [0.5, 0.6) is 0 Å². The minimum absolute atomic E-state index is 0. The normalized spacial score (nSPS) is 12.2. The van der Waals surface area contributed by atoms with Crippen molar-refractivity contribution in [2.75, 3.05) is 11.9 Å². The van der Waals surface area contributed by atoms with E-state index >= 15 is 0 Å². The minimum Gasteiger partial charge on any atom is -0.444 e. The smallest absolute Gasteiger partial charge is 0.412 e. The first-order chi connectivity index (χ1) is 8.80. The Bertz CT molecular complexity index is 433. The number of hydrogen-bond acceptors (Lipinski definition) is 4. The number of benzene rings is 1. The van der Waals surface area contributed by atoms with Crippen LogP contribution < -0.4 is 11.1 Å². The van der Waals surface area contributed by atoms with Gasteiger partial charge in [-0.1, -0.05) is 12.1 Å². The van der Waals surface area contributed by atoms with E-state index < -0.39 is 11.7 Å². The molecule has 1 amide bonds. The zero-order chi connectivity index (χ0) is 14.5. The number of nitrogens with one attached hydrogen (secondary N) is 1. The van der Waals surface area contributed by atoms with Gasteiger partial charge in [0.15, 0.2) is 0 Å². The molecule has 114 valence electrons. The van der Waals surface area contributed by atoms with Gasteiger partial charge >= 0.3 is 6.09 Å². The highest BCUT2D eigenvalue weighted by atomic mass is 35.5. The largest absolute Gasteiger partial charge is 0.444 e. The van der Waals surface area contributed by atoms with Crippen molar-refractivity contribution in [1.29, 1.82) is 0 Å². The van der Waals surface area contributed by atoms with E-state index in [1.54, 1.807) is 6.07 Å². The molecule has 0 bridgehead atoms. The molecule has 6 heteroatoms. The Morgan fingerprint density at radius 1 is 1.45 bits per heavy atom. The maximum atomic E-state index is 11.6. The highest BCUT2D eigenvalue weighted by molar-refractivity contribution is 5.85. The highest BCUT2D eigenvalue weighted by Gasteiger charge is 2.16. The van der Waals surface area contributed by atoms with Crippen LogP contribution >= 0.6 is 12.4 Å². The Hall–Kier alpha value is -1.30. The lowest BCUT2D eigenvalue weighted by atomic mass is 10.1. The maximum Gasteiger partial charge on any atom is 0.412 e. The summed E-state index contributed by atoms with van der Waals surface area (Å²) < 4.78 is 5.17. The molecular formula is C14H23ClN2O3. The fourth-order valence-electron chi connectivity index (χ4n) is 1.56. The number of halogens is 1. The van der Waals surface area contributed by atoms with Crippen LogP contribution in [0.25, 0.3) is 0 Å². The monoisotopic (exact) mass is 302 g/mol. The van der Waals surface area contributed by atoms with Gasteiger partial charge in [0.1, 0.15) is 5.60 Å². The van der Waals surface area contributed by atoms with Crippen LogP contribution in [0.15, 0.2) is 24.3 Å². The van der Waals surface area contributed by atoms with E-state index in [1.807, 2.05) is 39.0 Å². The molecule has 0 heterocycles. The molecule has 4 N–H and O–H groups in total. The number of hydrogen-bond donors (Lipinski definition) is 3. The SMILES string of the molecule is CC(C)(C)OC(=O)Nc1cccc(C[C@H](N)CO)c1.Cl. The van der Waals surface area contributed by atoms with Gasteiger partial charge in [0.25, 0.3) is 0 Å². The summed E-state index contributed by atoms with van der Waals surface area (Å²) in [5, 5.41) is 11.6. The number of ether oxygens (including phenoxy) is 1. The molecule has 0 saturated heterocycles. The standard InChI is InChI=1S/C14H22N2O3.ClH/c1-14(2,3)19-13(18)16-12-6-4-5-10(8-12)7-11(15)9-17;/h4-6,8,11,17H,7,9,15H2,1-3H3,(H,16,18);1H/t11-;/m0./s1. The average molecular weight is 303 g/mol. The molecular weight excluding hydrogens is 280 g/mol. The Morgan fingerprint density at radius 2 is 2.10 bits per heavy atom. The minimum atomic E-state index is -0.527. The van der Waals surface area contributed by atoms with E-state index in [2.05, 4.69) is 5.32 Å². The van der Waals surface area contributed by atoms with E-state index in [9.17, 15) is 4.79 Å². The van der Waals surface area contributed by atoms with Crippen molar-refractivity contribution >= 4 is 24.2 Å².